The lowest BCUT2D eigenvalue weighted by atomic mass is 10.1. The summed E-state index contributed by atoms with van der Waals surface area (Å²) in [6.07, 6.45) is 7.12. The molecule has 1 aromatic heterocycles. The Labute approximate surface area is 82.6 Å². The van der Waals surface area contributed by atoms with Crippen LogP contribution in [0.4, 0.5) is 0 Å². The molecule has 0 spiro atoms. The van der Waals surface area contributed by atoms with Gasteiger partial charge in [-0.15, -0.1) is 0 Å². The molecule has 13 heavy (non-hydrogen) atoms. The topological polar surface area (TPSA) is 24.9 Å². The first kappa shape index (κ1) is 8.73. The lowest BCUT2D eigenvalue weighted by Gasteiger charge is -2.18. The smallest absolute Gasteiger partial charge is 0.0798 e. The number of halogens is 1. The van der Waals surface area contributed by atoms with E-state index < -0.39 is 0 Å². The molecule has 2 heterocycles. The summed E-state index contributed by atoms with van der Waals surface area (Å²) in [7, 11) is 0. The van der Waals surface area contributed by atoms with Gasteiger partial charge in [0.25, 0.3) is 0 Å². The molecule has 1 N–H and O–H groups in total. The molecule has 0 saturated carbocycles. The van der Waals surface area contributed by atoms with Gasteiger partial charge in [-0.2, -0.15) is 0 Å². The SMILES string of the molecule is Clc1cccnc1C1C=CCCN1. The van der Waals surface area contributed by atoms with Crippen LogP contribution in [0.2, 0.25) is 5.02 Å². The van der Waals surface area contributed by atoms with E-state index in [2.05, 4.69) is 22.5 Å². The molecule has 0 bridgehead atoms. The maximum atomic E-state index is 6.02. The van der Waals surface area contributed by atoms with Crippen LogP contribution in [0.5, 0.6) is 0 Å². The monoisotopic (exact) mass is 194 g/mol. The standard InChI is InChI=1S/C10H11ClN2/c11-8-4-3-7-13-10(8)9-5-1-2-6-12-9/h1,3-5,7,9,12H,2,6H2. The first-order chi connectivity index (χ1) is 6.38. The van der Waals surface area contributed by atoms with E-state index in [0.29, 0.717) is 0 Å². The Morgan fingerprint density at radius 1 is 1.54 bits per heavy atom. The van der Waals surface area contributed by atoms with E-state index in [1.54, 1.807) is 6.20 Å². The molecule has 3 heteroatoms. The first-order valence-corrected chi connectivity index (χ1v) is 4.76. The van der Waals surface area contributed by atoms with E-state index in [1.165, 1.54) is 0 Å². The molecule has 2 nitrogen and oxygen atoms in total. The van der Waals surface area contributed by atoms with Gasteiger partial charge in [0.15, 0.2) is 0 Å². The summed E-state index contributed by atoms with van der Waals surface area (Å²) in [5.74, 6) is 0. The van der Waals surface area contributed by atoms with Gasteiger partial charge in [0.1, 0.15) is 0 Å². The van der Waals surface area contributed by atoms with E-state index in [4.69, 9.17) is 11.6 Å². The summed E-state index contributed by atoms with van der Waals surface area (Å²) in [5, 5.41) is 4.07. The molecule has 1 aliphatic heterocycles. The highest BCUT2D eigenvalue weighted by Crippen LogP contribution is 2.22. The zero-order valence-corrected chi connectivity index (χ0v) is 7.96. The van der Waals surface area contributed by atoms with Crippen molar-refractivity contribution in [2.75, 3.05) is 6.54 Å². The predicted octanol–water partition coefficient (Wildman–Crippen LogP) is 2.33. The fourth-order valence-electron chi connectivity index (χ4n) is 1.44. The second-order valence-corrected chi connectivity index (χ2v) is 3.43. The van der Waals surface area contributed by atoms with Crippen LogP contribution in [-0.4, -0.2) is 11.5 Å². The molecule has 0 aliphatic carbocycles. The Bertz CT molecular complexity index is 322. The molecule has 0 radical (unpaired) electrons. The van der Waals surface area contributed by atoms with Gasteiger partial charge >= 0.3 is 0 Å². The van der Waals surface area contributed by atoms with Gasteiger partial charge in [-0.1, -0.05) is 23.8 Å². The number of rotatable bonds is 1. The van der Waals surface area contributed by atoms with Gasteiger partial charge in [0, 0.05) is 6.20 Å². The summed E-state index contributed by atoms with van der Waals surface area (Å²) < 4.78 is 0. The second-order valence-electron chi connectivity index (χ2n) is 3.02. The number of aromatic nitrogens is 1. The third-order valence-electron chi connectivity index (χ3n) is 2.09. The predicted molar refractivity (Wildman–Crippen MR) is 53.7 cm³/mol. The van der Waals surface area contributed by atoms with E-state index >= 15 is 0 Å². The molecule has 1 aromatic rings. The van der Waals surface area contributed by atoms with Crippen molar-refractivity contribution >= 4 is 11.6 Å². The van der Waals surface area contributed by atoms with Crippen molar-refractivity contribution in [3.05, 3.63) is 41.2 Å². The number of hydrogen-bond acceptors (Lipinski definition) is 2. The van der Waals surface area contributed by atoms with Gasteiger partial charge < -0.3 is 5.32 Å². The molecule has 0 saturated heterocycles. The third kappa shape index (κ3) is 1.90. The molecule has 68 valence electrons. The van der Waals surface area contributed by atoms with Gasteiger partial charge in [-0.05, 0) is 25.1 Å². The lowest BCUT2D eigenvalue weighted by Crippen LogP contribution is -2.24. The van der Waals surface area contributed by atoms with Crippen LogP contribution in [0.25, 0.3) is 0 Å². The van der Waals surface area contributed by atoms with Crippen molar-refractivity contribution in [1.82, 2.24) is 10.3 Å². The highest BCUT2D eigenvalue weighted by molar-refractivity contribution is 6.31. The number of pyridine rings is 1. The highest BCUT2D eigenvalue weighted by atomic mass is 35.5. The molecule has 0 amide bonds. The molecular weight excluding hydrogens is 184 g/mol. The van der Waals surface area contributed by atoms with Crippen LogP contribution in [0.1, 0.15) is 18.2 Å². The molecule has 1 unspecified atom stereocenters. The van der Waals surface area contributed by atoms with Gasteiger partial charge in [-0.3, -0.25) is 4.98 Å². The molecule has 0 fully saturated rings. The van der Waals surface area contributed by atoms with Crippen LogP contribution >= 0.6 is 11.6 Å². The molecule has 1 atom stereocenters. The zero-order chi connectivity index (χ0) is 9.10. The Morgan fingerprint density at radius 2 is 2.46 bits per heavy atom. The third-order valence-corrected chi connectivity index (χ3v) is 2.40. The molecular formula is C10H11ClN2. The van der Waals surface area contributed by atoms with E-state index in [1.807, 2.05) is 12.1 Å². The summed E-state index contributed by atoms with van der Waals surface area (Å²) in [6.45, 7) is 0.994. The number of nitrogens with one attached hydrogen (secondary N) is 1. The van der Waals surface area contributed by atoms with E-state index in [-0.39, 0.29) is 6.04 Å². The average Bonchev–Trinajstić information content (AvgIpc) is 2.20. The van der Waals surface area contributed by atoms with Crippen LogP contribution < -0.4 is 5.32 Å². The van der Waals surface area contributed by atoms with E-state index in [9.17, 15) is 0 Å². The highest BCUT2D eigenvalue weighted by Gasteiger charge is 2.13. The second kappa shape index (κ2) is 3.90. The van der Waals surface area contributed by atoms with Gasteiger partial charge in [0.2, 0.25) is 0 Å². The minimum absolute atomic E-state index is 0.183. The van der Waals surface area contributed by atoms with Crippen molar-refractivity contribution in [1.29, 1.82) is 0 Å². The van der Waals surface area contributed by atoms with Gasteiger partial charge in [0.05, 0.1) is 16.8 Å². The molecule has 0 aromatic carbocycles. The Balaban J connectivity index is 2.29. The fourth-order valence-corrected chi connectivity index (χ4v) is 1.68. The summed E-state index contributed by atoms with van der Waals surface area (Å²) in [4.78, 5) is 4.26. The zero-order valence-electron chi connectivity index (χ0n) is 7.20. The summed E-state index contributed by atoms with van der Waals surface area (Å²) >= 11 is 6.02. The average molecular weight is 195 g/mol. The normalized spacial score (nSPS) is 21.8. The minimum atomic E-state index is 0.183. The Morgan fingerprint density at radius 3 is 3.15 bits per heavy atom. The van der Waals surface area contributed by atoms with Crippen LogP contribution in [-0.2, 0) is 0 Å². The van der Waals surface area contributed by atoms with Crippen molar-refractivity contribution in [3.8, 4) is 0 Å². The first-order valence-electron chi connectivity index (χ1n) is 4.38. The fraction of sp³-hybridized carbons (Fsp3) is 0.300. The van der Waals surface area contributed by atoms with Crippen molar-refractivity contribution in [2.24, 2.45) is 0 Å². The summed E-state index contributed by atoms with van der Waals surface area (Å²) in [6, 6.07) is 3.90. The molecule has 1 aliphatic rings. The largest absolute Gasteiger partial charge is 0.305 e. The minimum Gasteiger partial charge on any atom is -0.305 e. The quantitative estimate of drug-likeness (QED) is 0.695. The Kier molecular flexibility index (Phi) is 2.62. The number of nitrogens with zero attached hydrogens (tertiary/aromatic N) is 1. The number of hydrogen-bond donors (Lipinski definition) is 1. The van der Waals surface area contributed by atoms with Crippen molar-refractivity contribution in [2.45, 2.75) is 12.5 Å². The maximum absolute atomic E-state index is 6.02. The van der Waals surface area contributed by atoms with Gasteiger partial charge in [-0.25, -0.2) is 0 Å². The maximum Gasteiger partial charge on any atom is 0.0798 e. The molecule has 2 rings (SSSR count). The van der Waals surface area contributed by atoms with Crippen LogP contribution in [0.3, 0.4) is 0 Å². The van der Waals surface area contributed by atoms with Crippen LogP contribution in [0, 0.1) is 0 Å². The van der Waals surface area contributed by atoms with E-state index in [0.717, 1.165) is 23.7 Å². The Hall–Kier alpha value is -0.860. The van der Waals surface area contributed by atoms with Crippen molar-refractivity contribution in [3.63, 3.8) is 0 Å². The van der Waals surface area contributed by atoms with Crippen LogP contribution in [0.15, 0.2) is 30.5 Å². The lowest BCUT2D eigenvalue weighted by molar-refractivity contribution is 0.589. The summed E-state index contributed by atoms with van der Waals surface area (Å²) in [5.41, 5.74) is 0.917. The van der Waals surface area contributed by atoms with Crippen molar-refractivity contribution < 1.29 is 0 Å².